The molecule has 0 radical (unpaired) electrons. The number of hydrogen-bond acceptors (Lipinski definition) is 6. The van der Waals surface area contributed by atoms with E-state index in [1.165, 1.54) is 0 Å². The molecule has 0 fully saturated rings. The van der Waals surface area contributed by atoms with Gasteiger partial charge in [-0.2, -0.15) is 9.50 Å². The van der Waals surface area contributed by atoms with Crippen molar-refractivity contribution in [2.24, 2.45) is 4.99 Å². The maximum Gasteiger partial charge on any atom is 0.269 e. The van der Waals surface area contributed by atoms with Gasteiger partial charge in [0.25, 0.3) is 5.95 Å². The van der Waals surface area contributed by atoms with Crippen molar-refractivity contribution in [3.05, 3.63) is 89.7 Å². The van der Waals surface area contributed by atoms with E-state index in [0.29, 0.717) is 17.4 Å². The molecular formula is C24H17N5O2. The number of rotatable bonds is 4. The highest BCUT2D eigenvalue weighted by molar-refractivity contribution is 5.92. The van der Waals surface area contributed by atoms with E-state index in [1.54, 1.807) is 47.1 Å². The quantitative estimate of drug-likeness (QED) is 0.424. The van der Waals surface area contributed by atoms with Gasteiger partial charge in [0.1, 0.15) is 11.5 Å². The summed E-state index contributed by atoms with van der Waals surface area (Å²) in [5.41, 5.74) is 3.22. The smallest absolute Gasteiger partial charge is 0.269 e. The molecule has 0 aliphatic carbocycles. The molecule has 3 aromatic carbocycles. The third kappa shape index (κ3) is 3.84. The van der Waals surface area contributed by atoms with Crippen LogP contribution in [0.25, 0.3) is 28.7 Å². The monoisotopic (exact) mass is 407 g/mol. The predicted octanol–water partition coefficient (Wildman–Crippen LogP) is 4.61. The lowest BCUT2D eigenvalue weighted by molar-refractivity contribution is 0.474. The van der Waals surface area contributed by atoms with Crippen LogP contribution in [-0.2, 0) is 0 Å². The number of aromatic hydroxyl groups is 2. The van der Waals surface area contributed by atoms with Crippen molar-refractivity contribution < 1.29 is 10.2 Å². The molecule has 0 aliphatic rings. The highest BCUT2D eigenvalue weighted by Crippen LogP contribution is 2.22. The van der Waals surface area contributed by atoms with E-state index in [4.69, 9.17) is 4.98 Å². The van der Waals surface area contributed by atoms with E-state index in [-0.39, 0.29) is 11.5 Å². The Morgan fingerprint density at radius 3 is 2.16 bits per heavy atom. The maximum atomic E-state index is 9.47. The Balaban J connectivity index is 1.59. The van der Waals surface area contributed by atoms with E-state index >= 15 is 0 Å². The molecule has 5 aromatic rings. The molecule has 31 heavy (non-hydrogen) atoms. The molecule has 0 spiro atoms. The van der Waals surface area contributed by atoms with Gasteiger partial charge in [0.2, 0.25) is 0 Å². The third-order valence-electron chi connectivity index (χ3n) is 4.73. The molecule has 0 atom stereocenters. The summed E-state index contributed by atoms with van der Waals surface area (Å²) in [5.74, 6) is 1.34. The molecule has 0 unspecified atom stereocenters. The minimum absolute atomic E-state index is 0.200. The van der Waals surface area contributed by atoms with E-state index in [1.807, 2.05) is 48.6 Å². The zero-order valence-corrected chi connectivity index (χ0v) is 16.3. The van der Waals surface area contributed by atoms with Gasteiger partial charge in [0, 0.05) is 11.6 Å². The normalized spacial score (nSPS) is 11.9. The van der Waals surface area contributed by atoms with Gasteiger partial charge in [-0.05, 0) is 65.7 Å². The summed E-state index contributed by atoms with van der Waals surface area (Å²) < 4.78 is 1.67. The zero-order valence-electron chi connectivity index (χ0n) is 16.3. The summed E-state index contributed by atoms with van der Waals surface area (Å²) in [5, 5.41) is 24.3. The summed E-state index contributed by atoms with van der Waals surface area (Å²) >= 11 is 0. The number of fused-ring (bicyclic) bond motifs is 3. The summed E-state index contributed by atoms with van der Waals surface area (Å²) in [7, 11) is 0. The van der Waals surface area contributed by atoms with Crippen molar-refractivity contribution >= 4 is 40.9 Å². The van der Waals surface area contributed by atoms with Crippen LogP contribution in [0.5, 0.6) is 11.5 Å². The fraction of sp³-hybridized carbons (Fsp3) is 0. The third-order valence-corrected chi connectivity index (χ3v) is 4.73. The number of benzene rings is 3. The molecule has 2 N–H and O–H groups in total. The molecule has 7 heteroatoms. The van der Waals surface area contributed by atoms with Crippen molar-refractivity contribution in [2.75, 3.05) is 0 Å². The SMILES string of the molecule is Oc1ccc(C=Nc2nc3c4ccccc4nc(/C=C/c4ccc(O)cc4)n3n2)cc1. The lowest BCUT2D eigenvalue weighted by atomic mass is 10.2. The van der Waals surface area contributed by atoms with Gasteiger partial charge in [-0.15, -0.1) is 5.10 Å². The number of hydrogen-bond donors (Lipinski definition) is 2. The molecule has 0 bridgehead atoms. The predicted molar refractivity (Wildman–Crippen MR) is 121 cm³/mol. The molecule has 2 aromatic heterocycles. The van der Waals surface area contributed by atoms with Crippen LogP contribution >= 0.6 is 0 Å². The van der Waals surface area contributed by atoms with Gasteiger partial charge < -0.3 is 10.2 Å². The minimum atomic E-state index is 0.200. The first-order chi connectivity index (χ1) is 15.2. The first-order valence-electron chi connectivity index (χ1n) is 9.61. The van der Waals surface area contributed by atoms with Gasteiger partial charge in [0.15, 0.2) is 11.5 Å². The number of para-hydroxylation sites is 1. The Bertz CT molecular complexity index is 1440. The maximum absolute atomic E-state index is 9.47. The lowest BCUT2D eigenvalue weighted by Crippen LogP contribution is -1.98. The molecule has 0 saturated heterocycles. The first kappa shape index (κ1) is 18.5. The average Bonchev–Trinajstić information content (AvgIpc) is 3.23. The van der Waals surface area contributed by atoms with Crippen LogP contribution in [-0.4, -0.2) is 36.0 Å². The summed E-state index contributed by atoms with van der Waals surface area (Å²) in [6.07, 6.45) is 5.40. The second kappa shape index (κ2) is 7.72. The topological polar surface area (TPSA) is 95.9 Å². The fourth-order valence-electron chi connectivity index (χ4n) is 3.18. The lowest BCUT2D eigenvalue weighted by Gasteiger charge is -2.02. The molecule has 7 nitrogen and oxygen atoms in total. The Hall–Kier alpha value is -4.52. The van der Waals surface area contributed by atoms with Crippen LogP contribution < -0.4 is 0 Å². The fourth-order valence-corrected chi connectivity index (χ4v) is 3.18. The molecule has 0 aliphatic heterocycles. The highest BCUT2D eigenvalue weighted by atomic mass is 16.3. The number of aliphatic imine (C=N–C) groups is 1. The largest absolute Gasteiger partial charge is 0.508 e. The number of nitrogens with zero attached hydrogens (tertiary/aromatic N) is 5. The number of phenols is 2. The number of aromatic nitrogens is 4. The van der Waals surface area contributed by atoms with Crippen molar-refractivity contribution in [2.45, 2.75) is 0 Å². The van der Waals surface area contributed by atoms with E-state index in [9.17, 15) is 10.2 Å². The van der Waals surface area contributed by atoms with Gasteiger partial charge in [-0.3, -0.25) is 0 Å². The van der Waals surface area contributed by atoms with E-state index in [0.717, 1.165) is 22.0 Å². The van der Waals surface area contributed by atoms with Gasteiger partial charge in [-0.1, -0.05) is 30.3 Å². The van der Waals surface area contributed by atoms with Crippen LogP contribution in [0.4, 0.5) is 5.95 Å². The Morgan fingerprint density at radius 2 is 1.42 bits per heavy atom. The number of phenolic OH excluding ortho intramolecular Hbond substituents is 2. The Morgan fingerprint density at radius 1 is 0.742 bits per heavy atom. The Kier molecular flexibility index (Phi) is 4.61. The van der Waals surface area contributed by atoms with Crippen molar-refractivity contribution in [3.63, 3.8) is 0 Å². The minimum Gasteiger partial charge on any atom is -0.508 e. The van der Waals surface area contributed by atoms with Crippen molar-refractivity contribution in [1.82, 2.24) is 19.6 Å². The Labute approximate surface area is 177 Å². The van der Waals surface area contributed by atoms with E-state index in [2.05, 4.69) is 15.1 Å². The standard InChI is InChI=1S/C24H17N5O2/c30-18-10-5-16(6-11-18)9-14-22-26-21-4-2-1-3-20(21)23-27-24(28-29(22)23)25-15-17-7-12-19(31)13-8-17/h1-15,30-31H/b14-9+,25-15?. The van der Waals surface area contributed by atoms with Crippen LogP contribution in [0.3, 0.4) is 0 Å². The van der Waals surface area contributed by atoms with Crippen LogP contribution in [0.2, 0.25) is 0 Å². The van der Waals surface area contributed by atoms with Crippen LogP contribution in [0, 0.1) is 0 Å². The second-order valence-corrected chi connectivity index (χ2v) is 6.91. The van der Waals surface area contributed by atoms with Crippen molar-refractivity contribution in [3.8, 4) is 11.5 Å². The molecule has 2 heterocycles. The van der Waals surface area contributed by atoms with E-state index < -0.39 is 0 Å². The summed E-state index contributed by atoms with van der Waals surface area (Å²) in [6.45, 7) is 0. The molecular weight excluding hydrogens is 390 g/mol. The molecule has 5 rings (SSSR count). The van der Waals surface area contributed by atoms with Crippen LogP contribution in [0.15, 0.2) is 77.8 Å². The van der Waals surface area contributed by atoms with Crippen LogP contribution in [0.1, 0.15) is 17.0 Å². The molecule has 0 amide bonds. The van der Waals surface area contributed by atoms with Gasteiger partial charge in [0.05, 0.1) is 5.52 Å². The molecule has 0 saturated carbocycles. The summed E-state index contributed by atoms with van der Waals surface area (Å²) in [4.78, 5) is 13.7. The summed E-state index contributed by atoms with van der Waals surface area (Å²) in [6, 6.07) is 21.4. The zero-order chi connectivity index (χ0) is 21.2. The second-order valence-electron chi connectivity index (χ2n) is 6.91. The van der Waals surface area contributed by atoms with Gasteiger partial charge in [-0.25, -0.2) is 9.98 Å². The van der Waals surface area contributed by atoms with Gasteiger partial charge >= 0.3 is 0 Å². The average molecular weight is 407 g/mol. The first-order valence-corrected chi connectivity index (χ1v) is 9.61. The highest BCUT2D eigenvalue weighted by Gasteiger charge is 2.11. The van der Waals surface area contributed by atoms with Crippen molar-refractivity contribution in [1.29, 1.82) is 0 Å². The molecule has 150 valence electrons.